The first-order chi connectivity index (χ1) is 8.06. The predicted molar refractivity (Wildman–Crippen MR) is 65.3 cm³/mol. The van der Waals surface area contributed by atoms with Crippen molar-refractivity contribution in [1.82, 2.24) is 4.90 Å². The predicted octanol–water partition coefficient (Wildman–Crippen LogP) is 1.99. The first-order valence-electron chi connectivity index (χ1n) is 5.64. The number of rotatable bonds is 3. The number of amides is 1. The van der Waals surface area contributed by atoms with E-state index in [4.69, 9.17) is 5.11 Å². The van der Waals surface area contributed by atoms with Gasteiger partial charge in [0.15, 0.2) is 0 Å². The van der Waals surface area contributed by atoms with Gasteiger partial charge in [0.1, 0.15) is 0 Å². The fourth-order valence-corrected chi connectivity index (χ4v) is 2.97. The van der Waals surface area contributed by atoms with E-state index in [0.29, 0.717) is 13.1 Å². The van der Waals surface area contributed by atoms with Crippen molar-refractivity contribution in [1.29, 1.82) is 0 Å². The van der Waals surface area contributed by atoms with Crippen LogP contribution in [0.4, 0.5) is 0 Å². The monoisotopic (exact) mass is 253 g/mol. The van der Waals surface area contributed by atoms with Crippen LogP contribution in [0.2, 0.25) is 0 Å². The molecule has 0 bridgehead atoms. The highest BCUT2D eigenvalue weighted by Crippen LogP contribution is 2.24. The number of carbonyl (C=O) groups excluding carboxylic acids is 1. The third-order valence-electron chi connectivity index (χ3n) is 2.99. The van der Waals surface area contributed by atoms with Crippen molar-refractivity contribution in [3.63, 3.8) is 0 Å². The van der Waals surface area contributed by atoms with Gasteiger partial charge in [-0.1, -0.05) is 0 Å². The molecule has 2 rings (SSSR count). The van der Waals surface area contributed by atoms with E-state index < -0.39 is 5.97 Å². The van der Waals surface area contributed by atoms with Crippen LogP contribution in [-0.4, -0.2) is 35.0 Å². The number of carboxylic acid groups (broad SMARTS) is 1. The molecule has 0 spiro atoms. The van der Waals surface area contributed by atoms with E-state index in [9.17, 15) is 9.59 Å². The first-order valence-corrected chi connectivity index (χ1v) is 6.45. The summed E-state index contributed by atoms with van der Waals surface area (Å²) in [5, 5.41) is 8.72. The van der Waals surface area contributed by atoms with E-state index in [-0.39, 0.29) is 18.2 Å². The quantitative estimate of drug-likeness (QED) is 0.896. The smallest absolute Gasteiger partial charge is 0.303 e. The molecule has 0 saturated carbocycles. The van der Waals surface area contributed by atoms with Crippen LogP contribution in [0.15, 0.2) is 12.1 Å². The second kappa shape index (κ2) is 4.87. The third kappa shape index (κ3) is 2.85. The summed E-state index contributed by atoms with van der Waals surface area (Å²) < 4.78 is 0. The molecule has 0 aliphatic carbocycles. The number of aliphatic carboxylic acids is 1. The first kappa shape index (κ1) is 12.1. The topological polar surface area (TPSA) is 57.6 Å². The van der Waals surface area contributed by atoms with Gasteiger partial charge < -0.3 is 10.0 Å². The van der Waals surface area contributed by atoms with Crippen molar-refractivity contribution >= 4 is 23.2 Å². The van der Waals surface area contributed by atoms with Crippen LogP contribution in [0.5, 0.6) is 0 Å². The fraction of sp³-hybridized carbons (Fsp3) is 0.500. The minimum atomic E-state index is -0.781. The van der Waals surface area contributed by atoms with Crippen LogP contribution in [0, 0.1) is 12.8 Å². The average Bonchev–Trinajstić information content (AvgIpc) is 2.85. The van der Waals surface area contributed by atoms with Gasteiger partial charge in [0.2, 0.25) is 0 Å². The Morgan fingerprint density at radius 2 is 2.29 bits per heavy atom. The maximum absolute atomic E-state index is 12.1. The number of hydrogen-bond donors (Lipinski definition) is 1. The molecule has 1 amide bonds. The Kier molecular flexibility index (Phi) is 3.47. The highest BCUT2D eigenvalue weighted by molar-refractivity contribution is 7.13. The maximum atomic E-state index is 12.1. The van der Waals surface area contributed by atoms with Gasteiger partial charge >= 0.3 is 5.97 Å². The van der Waals surface area contributed by atoms with E-state index in [1.54, 1.807) is 4.90 Å². The molecule has 1 saturated heterocycles. The Morgan fingerprint density at radius 3 is 2.88 bits per heavy atom. The van der Waals surface area contributed by atoms with Crippen LogP contribution in [0.3, 0.4) is 0 Å². The minimum absolute atomic E-state index is 0.0380. The van der Waals surface area contributed by atoms with Gasteiger partial charge in [-0.25, -0.2) is 0 Å². The number of aryl methyl sites for hydroxylation is 1. The van der Waals surface area contributed by atoms with E-state index >= 15 is 0 Å². The number of nitrogens with zero attached hydrogens (tertiary/aromatic N) is 1. The van der Waals surface area contributed by atoms with Crippen LogP contribution in [-0.2, 0) is 4.79 Å². The molecule has 1 fully saturated rings. The Labute approximate surface area is 104 Å². The normalized spacial score (nSPS) is 19.6. The molecule has 1 aliphatic rings. The molecule has 5 heteroatoms. The molecule has 0 aromatic carbocycles. The molecule has 1 N–H and O–H groups in total. The van der Waals surface area contributed by atoms with Gasteiger partial charge in [-0.3, -0.25) is 9.59 Å². The summed E-state index contributed by atoms with van der Waals surface area (Å²) in [4.78, 5) is 26.3. The summed E-state index contributed by atoms with van der Waals surface area (Å²) in [7, 11) is 0. The lowest BCUT2D eigenvalue weighted by Gasteiger charge is -2.14. The summed E-state index contributed by atoms with van der Waals surface area (Å²) in [6.07, 6.45) is 0.954. The van der Waals surface area contributed by atoms with Gasteiger partial charge in [0.05, 0.1) is 4.88 Å². The van der Waals surface area contributed by atoms with Crippen molar-refractivity contribution in [2.75, 3.05) is 13.1 Å². The van der Waals surface area contributed by atoms with E-state index in [0.717, 1.165) is 16.2 Å². The Bertz CT molecular complexity index is 441. The van der Waals surface area contributed by atoms with E-state index in [1.807, 2.05) is 19.1 Å². The average molecular weight is 253 g/mol. The lowest BCUT2D eigenvalue weighted by Crippen LogP contribution is -2.28. The molecular formula is C12H15NO3S. The molecule has 92 valence electrons. The van der Waals surface area contributed by atoms with Crippen LogP contribution >= 0.6 is 11.3 Å². The van der Waals surface area contributed by atoms with E-state index in [2.05, 4.69) is 0 Å². The molecule has 2 heterocycles. The molecular weight excluding hydrogens is 238 g/mol. The number of thiophene rings is 1. The van der Waals surface area contributed by atoms with Crippen LogP contribution in [0.25, 0.3) is 0 Å². The third-order valence-corrected chi connectivity index (χ3v) is 3.98. The molecule has 1 aromatic rings. The molecule has 4 nitrogen and oxygen atoms in total. The zero-order valence-corrected chi connectivity index (χ0v) is 10.5. The number of hydrogen-bond acceptors (Lipinski definition) is 3. The summed E-state index contributed by atoms with van der Waals surface area (Å²) in [5.41, 5.74) is 0. The molecule has 1 aliphatic heterocycles. The number of likely N-dealkylation sites (tertiary alicyclic amines) is 1. The van der Waals surface area contributed by atoms with Crippen LogP contribution in [0.1, 0.15) is 27.4 Å². The highest BCUT2D eigenvalue weighted by Gasteiger charge is 2.28. The lowest BCUT2D eigenvalue weighted by atomic mass is 10.1. The van der Waals surface area contributed by atoms with Gasteiger partial charge in [-0.05, 0) is 31.4 Å². The summed E-state index contributed by atoms with van der Waals surface area (Å²) in [6, 6.07) is 3.77. The van der Waals surface area contributed by atoms with Gasteiger partial charge in [-0.15, -0.1) is 11.3 Å². The van der Waals surface area contributed by atoms with Crippen molar-refractivity contribution in [3.05, 3.63) is 21.9 Å². The van der Waals surface area contributed by atoms with Crippen molar-refractivity contribution in [3.8, 4) is 0 Å². The Balaban J connectivity index is 1.96. The molecule has 1 aromatic heterocycles. The zero-order chi connectivity index (χ0) is 12.4. The lowest BCUT2D eigenvalue weighted by molar-refractivity contribution is -0.138. The van der Waals surface area contributed by atoms with Crippen LogP contribution < -0.4 is 0 Å². The highest BCUT2D eigenvalue weighted by atomic mass is 32.1. The van der Waals surface area contributed by atoms with E-state index in [1.165, 1.54) is 11.3 Å². The Morgan fingerprint density at radius 1 is 1.53 bits per heavy atom. The Hall–Kier alpha value is -1.36. The van der Waals surface area contributed by atoms with Crippen molar-refractivity contribution in [2.45, 2.75) is 19.8 Å². The SMILES string of the molecule is Cc1ccc(C(=O)N2CCC(CC(=O)O)C2)s1. The minimum Gasteiger partial charge on any atom is -0.481 e. The molecule has 17 heavy (non-hydrogen) atoms. The summed E-state index contributed by atoms with van der Waals surface area (Å²) >= 11 is 1.49. The maximum Gasteiger partial charge on any atom is 0.303 e. The second-order valence-electron chi connectivity index (χ2n) is 4.41. The zero-order valence-electron chi connectivity index (χ0n) is 9.68. The number of carbonyl (C=O) groups is 2. The van der Waals surface area contributed by atoms with Crippen molar-refractivity contribution < 1.29 is 14.7 Å². The molecule has 0 radical (unpaired) electrons. The summed E-state index contributed by atoms with van der Waals surface area (Å²) in [5.74, 6) is -0.634. The summed E-state index contributed by atoms with van der Waals surface area (Å²) in [6.45, 7) is 3.22. The van der Waals surface area contributed by atoms with Gasteiger partial charge in [0, 0.05) is 24.4 Å². The van der Waals surface area contributed by atoms with Crippen molar-refractivity contribution in [2.24, 2.45) is 5.92 Å². The standard InChI is InChI=1S/C12H15NO3S/c1-8-2-3-10(17-8)12(16)13-5-4-9(7-13)6-11(14)15/h2-3,9H,4-7H2,1H3,(H,14,15). The van der Waals surface area contributed by atoms with Gasteiger partial charge in [-0.2, -0.15) is 0 Å². The second-order valence-corrected chi connectivity index (χ2v) is 5.70. The number of carboxylic acids is 1. The fourth-order valence-electron chi connectivity index (χ4n) is 2.14. The molecule has 1 unspecified atom stereocenters. The largest absolute Gasteiger partial charge is 0.481 e. The van der Waals surface area contributed by atoms with Gasteiger partial charge in [0.25, 0.3) is 5.91 Å². The molecule has 1 atom stereocenters.